The van der Waals surface area contributed by atoms with E-state index in [-0.39, 0.29) is 6.04 Å². The average Bonchev–Trinajstić information content (AvgIpc) is 2.26. The second-order valence-corrected chi connectivity index (χ2v) is 3.31. The number of nitrogens with one attached hydrogen (secondary N) is 1. The van der Waals surface area contributed by atoms with E-state index < -0.39 is 6.10 Å². The van der Waals surface area contributed by atoms with Crippen LogP contribution in [0.2, 0.25) is 0 Å². The lowest BCUT2D eigenvalue weighted by Gasteiger charge is -2.19. The summed E-state index contributed by atoms with van der Waals surface area (Å²) in [6, 6.07) is 10.1. The van der Waals surface area contributed by atoms with Crippen molar-refractivity contribution >= 4 is 0 Å². The molecule has 0 heterocycles. The Hall–Kier alpha value is -1.12. The summed E-state index contributed by atoms with van der Waals surface area (Å²) < 4.78 is 0. The van der Waals surface area contributed by atoms with Crippen molar-refractivity contribution in [2.45, 2.75) is 18.6 Å². The largest absolute Gasteiger partial charge is 0.387 e. The summed E-state index contributed by atoms with van der Waals surface area (Å²) in [7, 11) is 1.85. The van der Waals surface area contributed by atoms with E-state index in [2.05, 4.69) is 24.0 Å². The second kappa shape index (κ2) is 5.58. The third-order valence-corrected chi connectivity index (χ3v) is 2.32. The van der Waals surface area contributed by atoms with Crippen LogP contribution in [0, 0.1) is 0 Å². The Balaban J connectivity index is 2.61. The summed E-state index contributed by atoms with van der Waals surface area (Å²) in [5.74, 6) is 0. The molecule has 2 atom stereocenters. The fourth-order valence-corrected chi connectivity index (χ4v) is 1.43. The Morgan fingerprint density at radius 1 is 1.43 bits per heavy atom. The van der Waals surface area contributed by atoms with Crippen molar-refractivity contribution in [1.29, 1.82) is 0 Å². The Kier molecular flexibility index (Phi) is 4.36. The summed E-state index contributed by atoms with van der Waals surface area (Å²) in [5, 5.41) is 12.7. The predicted molar refractivity (Wildman–Crippen MR) is 59.2 cm³/mol. The number of likely N-dealkylation sites (N-methyl/N-ethyl adjacent to an activating group) is 1. The fraction of sp³-hybridized carbons (Fsp3) is 0.333. The predicted octanol–water partition coefficient (Wildman–Crippen LogP) is 1.36. The maximum atomic E-state index is 9.60. The van der Waals surface area contributed by atoms with E-state index in [1.54, 1.807) is 6.08 Å². The average molecular weight is 191 g/mol. The van der Waals surface area contributed by atoms with Gasteiger partial charge in [-0.15, -0.1) is 6.58 Å². The van der Waals surface area contributed by atoms with E-state index in [4.69, 9.17) is 0 Å². The van der Waals surface area contributed by atoms with Gasteiger partial charge >= 0.3 is 0 Å². The topological polar surface area (TPSA) is 32.3 Å². The third-order valence-electron chi connectivity index (χ3n) is 2.32. The van der Waals surface area contributed by atoms with Crippen LogP contribution >= 0.6 is 0 Å². The van der Waals surface area contributed by atoms with E-state index in [1.165, 1.54) is 5.56 Å². The molecule has 0 fully saturated rings. The van der Waals surface area contributed by atoms with Crippen molar-refractivity contribution in [3.63, 3.8) is 0 Å². The van der Waals surface area contributed by atoms with E-state index in [0.717, 1.165) is 6.42 Å². The third kappa shape index (κ3) is 2.98. The van der Waals surface area contributed by atoms with Gasteiger partial charge in [0.25, 0.3) is 0 Å². The van der Waals surface area contributed by atoms with Crippen LogP contribution in [-0.4, -0.2) is 24.3 Å². The molecule has 2 nitrogen and oxygen atoms in total. The molecule has 0 radical (unpaired) electrons. The van der Waals surface area contributed by atoms with Crippen LogP contribution in [0.5, 0.6) is 0 Å². The molecule has 0 unspecified atom stereocenters. The molecule has 0 aliphatic heterocycles. The van der Waals surface area contributed by atoms with Crippen LogP contribution in [-0.2, 0) is 6.42 Å². The van der Waals surface area contributed by atoms with Crippen LogP contribution in [0.15, 0.2) is 43.0 Å². The first kappa shape index (κ1) is 11.0. The van der Waals surface area contributed by atoms with Crippen molar-refractivity contribution in [3.8, 4) is 0 Å². The van der Waals surface area contributed by atoms with Crippen molar-refractivity contribution in [2.75, 3.05) is 7.05 Å². The quantitative estimate of drug-likeness (QED) is 0.689. The zero-order valence-corrected chi connectivity index (χ0v) is 8.48. The van der Waals surface area contributed by atoms with Gasteiger partial charge in [0.15, 0.2) is 0 Å². The molecule has 0 aromatic heterocycles. The highest BCUT2D eigenvalue weighted by atomic mass is 16.3. The molecule has 0 saturated carbocycles. The number of benzene rings is 1. The molecule has 2 N–H and O–H groups in total. The highest BCUT2D eigenvalue weighted by Gasteiger charge is 2.13. The Bertz CT molecular complexity index is 271. The van der Waals surface area contributed by atoms with Gasteiger partial charge in [-0.25, -0.2) is 0 Å². The fourth-order valence-electron chi connectivity index (χ4n) is 1.43. The van der Waals surface area contributed by atoms with Crippen molar-refractivity contribution < 1.29 is 5.11 Å². The van der Waals surface area contributed by atoms with Gasteiger partial charge in [0.2, 0.25) is 0 Å². The standard InChI is InChI=1S/C12H17NO/c1-3-12(14)11(13-2)9-10-7-5-4-6-8-10/h3-8,11-14H,1,9H2,2H3/t11-,12+/m0/s1. The number of rotatable bonds is 5. The molecule has 0 amide bonds. The van der Waals surface area contributed by atoms with Gasteiger partial charge in [0, 0.05) is 6.04 Å². The van der Waals surface area contributed by atoms with E-state index in [1.807, 2.05) is 25.2 Å². The highest BCUT2D eigenvalue weighted by molar-refractivity contribution is 5.16. The zero-order valence-electron chi connectivity index (χ0n) is 8.48. The van der Waals surface area contributed by atoms with E-state index >= 15 is 0 Å². The van der Waals surface area contributed by atoms with Crippen molar-refractivity contribution in [1.82, 2.24) is 5.32 Å². The molecular weight excluding hydrogens is 174 g/mol. The van der Waals surface area contributed by atoms with Crippen LogP contribution < -0.4 is 5.32 Å². The van der Waals surface area contributed by atoms with Gasteiger partial charge in [0.05, 0.1) is 6.10 Å². The normalized spacial score (nSPS) is 14.7. The minimum Gasteiger partial charge on any atom is -0.387 e. The molecule has 0 saturated heterocycles. The molecule has 0 bridgehead atoms. The maximum absolute atomic E-state index is 9.60. The minimum atomic E-state index is -0.500. The summed E-state index contributed by atoms with van der Waals surface area (Å²) in [5.41, 5.74) is 1.22. The lowest BCUT2D eigenvalue weighted by molar-refractivity contribution is 0.176. The van der Waals surface area contributed by atoms with Crippen molar-refractivity contribution in [2.24, 2.45) is 0 Å². The monoisotopic (exact) mass is 191 g/mol. The minimum absolute atomic E-state index is 0.0369. The maximum Gasteiger partial charge on any atom is 0.0874 e. The van der Waals surface area contributed by atoms with Gasteiger partial charge in [-0.1, -0.05) is 36.4 Å². The summed E-state index contributed by atoms with van der Waals surface area (Å²) in [4.78, 5) is 0. The number of aliphatic hydroxyl groups is 1. The van der Waals surface area contributed by atoms with Gasteiger partial charge in [-0.05, 0) is 19.0 Å². The van der Waals surface area contributed by atoms with Gasteiger partial charge in [-0.3, -0.25) is 0 Å². The second-order valence-electron chi connectivity index (χ2n) is 3.31. The van der Waals surface area contributed by atoms with Gasteiger partial charge in [0.1, 0.15) is 0 Å². The molecule has 1 aromatic rings. The SMILES string of the molecule is C=C[C@@H](O)[C@H](Cc1ccccc1)NC. The summed E-state index contributed by atoms with van der Waals surface area (Å²) in [6.45, 7) is 3.58. The van der Waals surface area contributed by atoms with E-state index in [0.29, 0.717) is 0 Å². The number of aliphatic hydroxyl groups excluding tert-OH is 1. The Morgan fingerprint density at radius 3 is 2.57 bits per heavy atom. The zero-order chi connectivity index (χ0) is 10.4. The lowest BCUT2D eigenvalue weighted by atomic mass is 10.0. The van der Waals surface area contributed by atoms with Gasteiger partial charge < -0.3 is 10.4 Å². The number of hydrogen-bond donors (Lipinski definition) is 2. The molecule has 0 spiro atoms. The molecular formula is C12H17NO. The molecule has 0 aliphatic rings. The Morgan fingerprint density at radius 2 is 2.07 bits per heavy atom. The molecule has 2 heteroatoms. The molecule has 1 rings (SSSR count). The van der Waals surface area contributed by atoms with Crippen LogP contribution in [0.4, 0.5) is 0 Å². The molecule has 0 aliphatic carbocycles. The van der Waals surface area contributed by atoms with Crippen LogP contribution in [0.1, 0.15) is 5.56 Å². The summed E-state index contributed by atoms with van der Waals surface area (Å²) >= 11 is 0. The van der Waals surface area contributed by atoms with Crippen LogP contribution in [0.3, 0.4) is 0 Å². The first-order valence-corrected chi connectivity index (χ1v) is 4.79. The van der Waals surface area contributed by atoms with Crippen LogP contribution in [0.25, 0.3) is 0 Å². The first-order valence-electron chi connectivity index (χ1n) is 4.79. The van der Waals surface area contributed by atoms with E-state index in [9.17, 15) is 5.11 Å². The molecule has 76 valence electrons. The van der Waals surface area contributed by atoms with Gasteiger partial charge in [-0.2, -0.15) is 0 Å². The summed E-state index contributed by atoms with van der Waals surface area (Å²) in [6.07, 6.45) is 1.87. The Labute approximate surface area is 85.3 Å². The highest BCUT2D eigenvalue weighted by Crippen LogP contribution is 2.06. The number of hydrogen-bond acceptors (Lipinski definition) is 2. The van der Waals surface area contributed by atoms with Crippen molar-refractivity contribution in [3.05, 3.63) is 48.6 Å². The molecule has 14 heavy (non-hydrogen) atoms. The molecule has 1 aromatic carbocycles. The smallest absolute Gasteiger partial charge is 0.0874 e. The first-order chi connectivity index (χ1) is 6.77. The lowest BCUT2D eigenvalue weighted by Crippen LogP contribution is -2.38.